The maximum Gasteiger partial charge on any atom is 0.296 e. The summed E-state index contributed by atoms with van der Waals surface area (Å²) < 4.78 is 65.2. The summed E-state index contributed by atoms with van der Waals surface area (Å²) >= 11 is 0. The zero-order valence-electron chi connectivity index (χ0n) is 14.3. The van der Waals surface area contributed by atoms with E-state index in [0.717, 1.165) is 18.2 Å². The lowest BCUT2D eigenvalue weighted by Gasteiger charge is -2.12. The van der Waals surface area contributed by atoms with Crippen LogP contribution in [-0.4, -0.2) is 31.0 Å². The molecule has 11 heteroatoms. The molecule has 0 heterocycles. The van der Waals surface area contributed by atoms with E-state index in [1.54, 1.807) is 30.3 Å². The van der Waals surface area contributed by atoms with Gasteiger partial charge in [0.15, 0.2) is 5.75 Å². The SMILES string of the molecule is Cc1cc(S(=O)(=O)O)cc2cc(S(=O)(=O)O)c(N=Nc3ccccc3)c(O)c12. The summed E-state index contributed by atoms with van der Waals surface area (Å²) in [5, 5.41) is 18.3. The highest BCUT2D eigenvalue weighted by Crippen LogP contribution is 2.43. The summed E-state index contributed by atoms with van der Waals surface area (Å²) in [6.45, 7) is 1.46. The summed E-state index contributed by atoms with van der Waals surface area (Å²) in [7, 11) is -9.41. The average molecular weight is 422 g/mol. The second kappa shape index (κ2) is 6.95. The fraction of sp³-hybridized carbons (Fsp3) is 0.0588. The van der Waals surface area contributed by atoms with Crippen LogP contribution in [0.25, 0.3) is 10.8 Å². The number of fused-ring (bicyclic) bond motifs is 1. The van der Waals surface area contributed by atoms with Gasteiger partial charge in [0.2, 0.25) is 0 Å². The summed E-state index contributed by atoms with van der Waals surface area (Å²) in [6.07, 6.45) is 0. The normalized spacial score (nSPS) is 12.7. The molecule has 0 aliphatic heterocycles. The summed E-state index contributed by atoms with van der Waals surface area (Å²) in [5.41, 5.74) is 0.115. The Morgan fingerprint density at radius 1 is 0.857 bits per heavy atom. The number of nitrogens with zero attached hydrogens (tertiary/aromatic N) is 2. The van der Waals surface area contributed by atoms with Crippen molar-refractivity contribution in [3.63, 3.8) is 0 Å². The Hall–Kier alpha value is -2.86. The number of benzene rings is 3. The third-order valence-electron chi connectivity index (χ3n) is 3.92. The van der Waals surface area contributed by atoms with Crippen LogP contribution in [-0.2, 0) is 20.2 Å². The number of hydrogen-bond donors (Lipinski definition) is 3. The van der Waals surface area contributed by atoms with E-state index < -0.39 is 41.5 Å². The molecule has 0 radical (unpaired) electrons. The van der Waals surface area contributed by atoms with Gasteiger partial charge in [-0.05, 0) is 48.2 Å². The van der Waals surface area contributed by atoms with Crippen molar-refractivity contribution in [2.75, 3.05) is 0 Å². The van der Waals surface area contributed by atoms with Gasteiger partial charge in [-0.15, -0.1) is 5.11 Å². The molecule has 0 saturated carbocycles. The molecule has 146 valence electrons. The number of phenols is 1. The zero-order chi connectivity index (χ0) is 20.7. The van der Waals surface area contributed by atoms with Gasteiger partial charge in [-0.1, -0.05) is 18.2 Å². The lowest BCUT2D eigenvalue weighted by atomic mass is 10.0. The minimum atomic E-state index is -4.84. The van der Waals surface area contributed by atoms with Gasteiger partial charge in [0.05, 0.1) is 10.6 Å². The van der Waals surface area contributed by atoms with E-state index in [0.29, 0.717) is 5.69 Å². The minimum absolute atomic E-state index is 0.0311. The Morgan fingerprint density at radius 3 is 2.07 bits per heavy atom. The molecule has 28 heavy (non-hydrogen) atoms. The Balaban J connectivity index is 2.36. The number of azo groups is 1. The number of aromatic hydroxyl groups is 1. The van der Waals surface area contributed by atoms with Crippen LogP contribution in [0, 0.1) is 6.92 Å². The van der Waals surface area contributed by atoms with E-state index >= 15 is 0 Å². The first-order chi connectivity index (χ1) is 13.0. The van der Waals surface area contributed by atoms with Crippen molar-refractivity contribution in [3.8, 4) is 5.75 Å². The van der Waals surface area contributed by atoms with Crippen molar-refractivity contribution in [2.45, 2.75) is 16.7 Å². The van der Waals surface area contributed by atoms with Gasteiger partial charge >= 0.3 is 0 Å². The third kappa shape index (κ3) is 3.87. The minimum Gasteiger partial charge on any atom is -0.505 e. The van der Waals surface area contributed by atoms with Gasteiger partial charge in [0.25, 0.3) is 20.2 Å². The molecule has 0 aliphatic rings. The van der Waals surface area contributed by atoms with Crippen molar-refractivity contribution < 1.29 is 31.0 Å². The van der Waals surface area contributed by atoms with E-state index in [-0.39, 0.29) is 16.3 Å². The molecule has 3 aromatic carbocycles. The van der Waals surface area contributed by atoms with Crippen LogP contribution >= 0.6 is 0 Å². The van der Waals surface area contributed by atoms with E-state index in [9.17, 15) is 31.0 Å². The molecule has 0 bridgehead atoms. The highest BCUT2D eigenvalue weighted by atomic mass is 32.2. The predicted molar refractivity (Wildman–Crippen MR) is 101 cm³/mol. The molecule has 0 fully saturated rings. The number of rotatable bonds is 4. The van der Waals surface area contributed by atoms with E-state index in [4.69, 9.17) is 0 Å². The Kier molecular flexibility index (Phi) is 4.93. The fourth-order valence-corrected chi connectivity index (χ4v) is 3.97. The van der Waals surface area contributed by atoms with Gasteiger partial charge in [-0.25, -0.2) is 0 Å². The molecule has 0 saturated heterocycles. The maximum atomic E-state index is 11.8. The molecule has 3 aromatic rings. The fourth-order valence-electron chi connectivity index (χ4n) is 2.71. The van der Waals surface area contributed by atoms with Gasteiger partial charge in [-0.2, -0.15) is 21.9 Å². The molecule has 0 unspecified atom stereocenters. The molecule has 3 N–H and O–H groups in total. The molecule has 0 atom stereocenters. The highest BCUT2D eigenvalue weighted by molar-refractivity contribution is 7.86. The summed E-state index contributed by atoms with van der Waals surface area (Å²) in [4.78, 5) is -1.25. The van der Waals surface area contributed by atoms with Crippen LogP contribution in [0.5, 0.6) is 5.75 Å². The standard InChI is InChI=1S/C17H14N2O7S2/c1-10-7-13(27(21,22)23)8-11-9-14(28(24,25)26)16(17(20)15(10)11)19-18-12-5-3-2-4-6-12/h2-9,20H,1H3,(H,21,22,23)(H,24,25,26). The van der Waals surface area contributed by atoms with Gasteiger partial charge in [-0.3, -0.25) is 9.11 Å². The van der Waals surface area contributed by atoms with Crippen LogP contribution in [0.1, 0.15) is 5.56 Å². The third-order valence-corrected chi connectivity index (χ3v) is 5.62. The second-order valence-corrected chi connectivity index (χ2v) is 8.71. The van der Waals surface area contributed by atoms with E-state index in [1.807, 2.05) is 0 Å². The van der Waals surface area contributed by atoms with Crippen molar-refractivity contribution in [2.24, 2.45) is 10.2 Å². The molecule has 3 rings (SSSR count). The summed E-state index contributed by atoms with van der Waals surface area (Å²) in [5.74, 6) is -0.607. The quantitative estimate of drug-likeness (QED) is 0.427. The number of aryl methyl sites for hydroxylation is 1. The van der Waals surface area contributed by atoms with Gasteiger partial charge in [0, 0.05) is 5.39 Å². The zero-order valence-corrected chi connectivity index (χ0v) is 15.9. The lowest BCUT2D eigenvalue weighted by molar-refractivity contribution is 0.472. The van der Waals surface area contributed by atoms with Crippen LogP contribution < -0.4 is 0 Å². The molecule has 0 amide bonds. The van der Waals surface area contributed by atoms with Crippen LogP contribution in [0.15, 0.2) is 68.6 Å². The largest absolute Gasteiger partial charge is 0.505 e. The first-order valence-electron chi connectivity index (χ1n) is 7.70. The van der Waals surface area contributed by atoms with Crippen molar-refractivity contribution in [3.05, 3.63) is 54.1 Å². The Labute approximate surface area is 160 Å². The van der Waals surface area contributed by atoms with Crippen LogP contribution in [0.4, 0.5) is 11.4 Å². The van der Waals surface area contributed by atoms with Crippen molar-refractivity contribution in [1.82, 2.24) is 0 Å². The van der Waals surface area contributed by atoms with Crippen LogP contribution in [0.3, 0.4) is 0 Å². The number of hydrogen-bond acceptors (Lipinski definition) is 7. The van der Waals surface area contributed by atoms with Gasteiger partial charge < -0.3 is 5.11 Å². The first kappa shape index (κ1) is 19.9. The average Bonchev–Trinajstić information content (AvgIpc) is 2.59. The molecule has 0 aliphatic carbocycles. The maximum absolute atomic E-state index is 11.8. The van der Waals surface area contributed by atoms with Crippen LogP contribution in [0.2, 0.25) is 0 Å². The van der Waals surface area contributed by atoms with Crippen molar-refractivity contribution in [1.29, 1.82) is 0 Å². The first-order valence-corrected chi connectivity index (χ1v) is 10.6. The lowest BCUT2D eigenvalue weighted by Crippen LogP contribution is -2.01. The van der Waals surface area contributed by atoms with E-state index in [2.05, 4.69) is 10.2 Å². The second-order valence-electron chi connectivity index (χ2n) is 5.90. The number of phenolic OH excluding ortho intramolecular Hbond substituents is 1. The molecule has 9 nitrogen and oxygen atoms in total. The van der Waals surface area contributed by atoms with Gasteiger partial charge in [0.1, 0.15) is 10.6 Å². The summed E-state index contributed by atoms with van der Waals surface area (Å²) in [6, 6.07) is 11.3. The molecule has 0 spiro atoms. The molecule has 0 aromatic heterocycles. The predicted octanol–water partition coefficient (Wildman–Crippen LogP) is 3.76. The topological polar surface area (TPSA) is 154 Å². The highest BCUT2D eigenvalue weighted by Gasteiger charge is 2.24. The monoisotopic (exact) mass is 422 g/mol. The smallest absolute Gasteiger partial charge is 0.296 e. The van der Waals surface area contributed by atoms with Crippen molar-refractivity contribution >= 4 is 42.4 Å². The molecular weight excluding hydrogens is 408 g/mol. The van der Waals surface area contributed by atoms with E-state index in [1.165, 1.54) is 6.92 Å². The Morgan fingerprint density at radius 2 is 1.50 bits per heavy atom. The molecular formula is C17H14N2O7S2. The Bertz CT molecular complexity index is 1320.